The molecular formula is C10H11B5O. The van der Waals surface area contributed by atoms with Crippen molar-refractivity contribution >= 4 is 34.1 Å². The van der Waals surface area contributed by atoms with Crippen LogP contribution >= 0.6 is 0 Å². The van der Waals surface area contributed by atoms with Crippen molar-refractivity contribution in [1.29, 1.82) is 0 Å². The number of hydrogen-bond donors (Lipinski definition) is 0. The average molecular weight is 201 g/mol. The van der Waals surface area contributed by atoms with Crippen LogP contribution in [0, 0.1) is 0 Å². The van der Waals surface area contributed by atoms with Crippen molar-refractivity contribution in [1.82, 2.24) is 0 Å². The summed E-state index contributed by atoms with van der Waals surface area (Å²) in [5.41, 5.74) is 0.885. The molecule has 1 nitrogen and oxygen atoms in total. The molecule has 0 aliphatic heterocycles. The third kappa shape index (κ3) is 3.10. The number of ether oxygens (including phenoxy) is 1. The average Bonchev–Trinajstić information content (AvgIpc) is 2.31. The van der Waals surface area contributed by atoms with Gasteiger partial charge in [-0.2, -0.15) is 0 Å². The SMILES string of the molecule is CC(C)c1bbc(Oc2cbccc2)bb1. The molecule has 0 aliphatic rings. The molecule has 0 aliphatic carbocycles. The van der Waals surface area contributed by atoms with Gasteiger partial charge in [-0.25, -0.2) is 0 Å². The van der Waals surface area contributed by atoms with Gasteiger partial charge in [0.2, 0.25) is 0 Å². The summed E-state index contributed by atoms with van der Waals surface area (Å²) in [6.45, 7) is 14.6. The van der Waals surface area contributed by atoms with Gasteiger partial charge in [0, 0.05) is 0 Å². The van der Waals surface area contributed by atoms with Crippen LogP contribution in [0.25, 0.3) is 0 Å². The van der Waals surface area contributed by atoms with Gasteiger partial charge in [0.05, 0.1) is 0 Å². The van der Waals surface area contributed by atoms with Crippen molar-refractivity contribution in [3.8, 4) is 11.3 Å². The Balaban J connectivity index is 2.11. The van der Waals surface area contributed by atoms with E-state index in [0.717, 1.165) is 11.3 Å². The first kappa shape index (κ1) is 11.7. The summed E-state index contributed by atoms with van der Waals surface area (Å²) in [7, 11) is 0. The molecule has 2 aromatic rings. The van der Waals surface area contributed by atoms with E-state index >= 15 is 0 Å². The van der Waals surface area contributed by atoms with E-state index in [1.165, 1.54) is 5.35 Å². The van der Waals surface area contributed by atoms with Gasteiger partial charge in [-0.3, -0.25) is 0 Å². The second-order valence-corrected chi connectivity index (χ2v) is 4.14. The van der Waals surface area contributed by atoms with Gasteiger partial charge in [-0.1, -0.05) is 0 Å². The van der Waals surface area contributed by atoms with E-state index in [2.05, 4.69) is 27.4 Å². The van der Waals surface area contributed by atoms with E-state index in [0.29, 0.717) is 5.92 Å². The maximum atomic E-state index is 5.71. The van der Waals surface area contributed by atoms with E-state index < -0.39 is 0 Å². The number of hydrogen-bond acceptors (Lipinski definition) is 1. The van der Waals surface area contributed by atoms with Gasteiger partial charge < -0.3 is 0 Å². The van der Waals surface area contributed by atoms with E-state index in [4.69, 9.17) is 4.74 Å². The Hall–Kier alpha value is -0.785. The van der Waals surface area contributed by atoms with Crippen molar-refractivity contribution in [2.24, 2.45) is 0 Å². The summed E-state index contributed by atoms with van der Waals surface area (Å²) in [6.07, 6.45) is 0. The maximum absolute atomic E-state index is 5.71. The minimum absolute atomic E-state index is 0.561. The van der Waals surface area contributed by atoms with Crippen molar-refractivity contribution in [3.63, 3.8) is 0 Å². The summed E-state index contributed by atoms with van der Waals surface area (Å²) >= 11 is 0. The molecule has 2 aromatic heterocycles. The first-order valence-corrected chi connectivity index (χ1v) is 5.58. The molecule has 2 rings (SSSR count). The van der Waals surface area contributed by atoms with Crippen LogP contribution in [-0.2, 0) is 0 Å². The van der Waals surface area contributed by atoms with Gasteiger partial charge in [-0.15, -0.1) is 0 Å². The summed E-state index contributed by atoms with van der Waals surface area (Å²) in [5, 5.41) is 1.33. The van der Waals surface area contributed by atoms with Crippen LogP contribution in [0.1, 0.15) is 25.1 Å². The van der Waals surface area contributed by atoms with Crippen LogP contribution in [0.15, 0.2) is 24.1 Å². The van der Waals surface area contributed by atoms with Gasteiger partial charge >= 0.3 is 99.3 Å². The molecule has 0 unspecified atom stereocenters. The zero-order valence-electron chi connectivity index (χ0n) is 9.68. The third-order valence-corrected chi connectivity index (χ3v) is 2.53. The molecule has 0 spiro atoms. The fourth-order valence-corrected chi connectivity index (χ4v) is 1.55. The van der Waals surface area contributed by atoms with E-state index in [-0.39, 0.29) is 0 Å². The molecule has 72 valence electrons. The predicted octanol–water partition coefficient (Wildman–Crippen LogP) is 1.29. The van der Waals surface area contributed by atoms with Crippen LogP contribution in [0.2, 0.25) is 0 Å². The fourth-order valence-electron chi connectivity index (χ4n) is 1.55. The van der Waals surface area contributed by atoms with Crippen LogP contribution < -0.4 is 4.74 Å². The molecular weight excluding hydrogens is 190 g/mol. The van der Waals surface area contributed by atoms with E-state index in [9.17, 15) is 0 Å². The topological polar surface area (TPSA) is 9.23 Å². The normalized spacial score (nSPS) is 9.19. The predicted molar refractivity (Wildman–Crippen MR) is 73.8 cm³/mol. The van der Waals surface area contributed by atoms with E-state index in [1.54, 1.807) is 0 Å². The van der Waals surface area contributed by atoms with Gasteiger partial charge in [0.25, 0.3) is 0 Å². The summed E-state index contributed by atoms with van der Waals surface area (Å²) in [5.74, 6) is 5.37. The molecule has 0 amide bonds. The molecule has 0 saturated carbocycles. The second kappa shape index (κ2) is 5.52. The molecule has 0 N–H and O–H groups in total. The molecule has 0 fully saturated rings. The van der Waals surface area contributed by atoms with Crippen molar-refractivity contribution in [2.45, 2.75) is 19.8 Å². The monoisotopic (exact) mass is 202 g/mol. The molecule has 6 heteroatoms. The number of rotatable bonds is 3. The van der Waals surface area contributed by atoms with E-state index in [1.807, 2.05) is 44.6 Å². The zero-order chi connectivity index (χ0) is 11.4. The fraction of sp³-hybridized carbons (Fsp3) is 0.300. The Morgan fingerprint density at radius 2 is 1.88 bits per heavy atom. The Morgan fingerprint density at radius 3 is 2.44 bits per heavy atom. The van der Waals surface area contributed by atoms with Crippen LogP contribution in [0.4, 0.5) is 0 Å². The zero-order valence-corrected chi connectivity index (χ0v) is 9.68. The quantitative estimate of drug-likeness (QED) is 0.727. The van der Waals surface area contributed by atoms with Crippen molar-refractivity contribution in [2.75, 3.05) is 0 Å². The molecule has 0 radical (unpaired) electrons. The first-order valence-electron chi connectivity index (χ1n) is 5.58. The van der Waals surface area contributed by atoms with Gasteiger partial charge in [0.15, 0.2) is 0 Å². The van der Waals surface area contributed by atoms with Crippen LogP contribution in [0.5, 0.6) is 11.3 Å². The minimum atomic E-state index is 0.561. The third-order valence-electron chi connectivity index (χ3n) is 2.53. The molecule has 16 heavy (non-hydrogen) atoms. The molecule has 0 atom stereocenters. The van der Waals surface area contributed by atoms with Crippen LogP contribution in [0.3, 0.4) is 0 Å². The second-order valence-electron chi connectivity index (χ2n) is 4.14. The van der Waals surface area contributed by atoms with Crippen molar-refractivity contribution in [3.05, 3.63) is 29.4 Å². The Bertz CT molecular complexity index is 443. The summed E-state index contributed by atoms with van der Waals surface area (Å²) in [4.78, 5) is 0. The molecule has 0 saturated heterocycles. The standard InChI is InChI=1S/C10H11B5O/c1-7(2)9-12-14-10(15-13-9)16-8-4-3-5-11-6-8/h3-7H,1-2H3. The Kier molecular flexibility index (Phi) is 4.03. The molecule has 2 heterocycles. The Labute approximate surface area is 99.7 Å². The van der Waals surface area contributed by atoms with Gasteiger partial charge in [0.1, 0.15) is 0 Å². The van der Waals surface area contributed by atoms with Crippen molar-refractivity contribution < 1.29 is 4.74 Å². The van der Waals surface area contributed by atoms with Crippen LogP contribution in [-0.4, -0.2) is 34.1 Å². The molecule has 0 bridgehead atoms. The van der Waals surface area contributed by atoms with Gasteiger partial charge in [-0.05, 0) is 0 Å². The summed E-state index contributed by atoms with van der Waals surface area (Å²) < 4.78 is 5.71. The summed E-state index contributed by atoms with van der Waals surface area (Å²) in [6, 6.07) is 3.92. The Morgan fingerprint density at radius 1 is 1.12 bits per heavy atom. The first-order chi connectivity index (χ1) is 7.75. The molecule has 0 aromatic carbocycles.